The minimum Gasteiger partial charge on any atom is -0.480 e. The van der Waals surface area contributed by atoms with Gasteiger partial charge in [0.25, 0.3) is 0 Å². The molecule has 0 bridgehead atoms. The number of aliphatic carboxylic acids is 1. The van der Waals surface area contributed by atoms with E-state index in [1.807, 2.05) is 37.3 Å². The summed E-state index contributed by atoms with van der Waals surface area (Å²) in [5.74, 6) is 0.0140. The van der Waals surface area contributed by atoms with Crippen LogP contribution in [0.1, 0.15) is 48.7 Å². The van der Waals surface area contributed by atoms with Gasteiger partial charge >= 0.3 is 5.97 Å². The van der Waals surface area contributed by atoms with Crippen molar-refractivity contribution in [3.63, 3.8) is 0 Å². The zero-order chi connectivity index (χ0) is 21.6. The van der Waals surface area contributed by atoms with E-state index in [9.17, 15) is 9.90 Å². The van der Waals surface area contributed by atoms with Gasteiger partial charge in [0.2, 0.25) is 0 Å². The Labute approximate surface area is 181 Å². The van der Waals surface area contributed by atoms with Crippen molar-refractivity contribution < 1.29 is 14.6 Å². The van der Waals surface area contributed by atoms with Gasteiger partial charge in [-0.3, -0.25) is 0 Å². The molecule has 0 saturated carbocycles. The number of aromatic nitrogens is 3. The van der Waals surface area contributed by atoms with Crippen molar-refractivity contribution >= 4 is 5.97 Å². The van der Waals surface area contributed by atoms with E-state index in [-0.39, 0.29) is 6.23 Å². The molecule has 7 heteroatoms. The molecular formula is C24H26N4O3. The van der Waals surface area contributed by atoms with E-state index in [4.69, 9.17) is 4.74 Å². The largest absolute Gasteiger partial charge is 0.480 e. The van der Waals surface area contributed by atoms with Crippen LogP contribution < -0.4 is 5.32 Å². The van der Waals surface area contributed by atoms with Gasteiger partial charge in [0.15, 0.2) is 12.3 Å². The number of carboxylic acid groups (broad SMARTS) is 1. The van der Waals surface area contributed by atoms with Crippen molar-refractivity contribution in [2.24, 2.45) is 0 Å². The summed E-state index contributed by atoms with van der Waals surface area (Å²) in [6, 6.07) is 17.5. The van der Waals surface area contributed by atoms with Crippen LogP contribution in [-0.2, 0) is 22.4 Å². The fourth-order valence-electron chi connectivity index (χ4n) is 3.75. The minimum absolute atomic E-state index is 0.109. The minimum atomic E-state index is -0.941. The number of rotatable bonds is 9. The number of allylic oxidation sites excluding steroid dienone is 2. The Morgan fingerprint density at radius 2 is 1.74 bits per heavy atom. The van der Waals surface area contributed by atoms with Gasteiger partial charge in [0.05, 0.1) is 18.1 Å². The number of benzene rings is 2. The third-order valence-electron chi connectivity index (χ3n) is 5.47. The quantitative estimate of drug-likeness (QED) is 0.546. The first-order valence-corrected chi connectivity index (χ1v) is 10.4. The molecule has 4 rings (SSSR count). The van der Waals surface area contributed by atoms with E-state index >= 15 is 0 Å². The SMILES string of the molecule is CC1=C(CCCc2ccc(CC(C(=O)O)n3nccn3)cc2)NC(c2ccccc2)O1. The number of ether oxygens (including phenoxy) is 1. The number of nitrogens with zero attached hydrogens (tertiary/aromatic N) is 3. The predicted octanol–water partition coefficient (Wildman–Crippen LogP) is 4.02. The first-order valence-electron chi connectivity index (χ1n) is 10.4. The molecule has 2 aromatic carbocycles. The Balaban J connectivity index is 1.28. The van der Waals surface area contributed by atoms with Crippen LogP contribution in [0, 0.1) is 0 Å². The Kier molecular flexibility index (Phi) is 6.31. The maximum Gasteiger partial charge on any atom is 0.330 e. The van der Waals surface area contributed by atoms with Gasteiger partial charge in [-0.15, -0.1) is 0 Å². The fourth-order valence-corrected chi connectivity index (χ4v) is 3.75. The van der Waals surface area contributed by atoms with Crippen LogP contribution in [0.3, 0.4) is 0 Å². The number of hydrogen-bond donors (Lipinski definition) is 2. The summed E-state index contributed by atoms with van der Waals surface area (Å²) in [5.41, 5.74) is 4.45. The van der Waals surface area contributed by atoms with Crippen molar-refractivity contribution in [1.82, 2.24) is 20.3 Å². The van der Waals surface area contributed by atoms with Gasteiger partial charge in [-0.05, 0) is 37.3 Å². The van der Waals surface area contributed by atoms with Gasteiger partial charge in [-0.25, -0.2) is 4.79 Å². The van der Waals surface area contributed by atoms with Gasteiger partial charge in [-0.2, -0.15) is 15.0 Å². The third-order valence-corrected chi connectivity index (χ3v) is 5.47. The highest BCUT2D eigenvalue weighted by molar-refractivity contribution is 5.72. The molecule has 160 valence electrons. The normalized spacial score (nSPS) is 16.6. The fraction of sp³-hybridized carbons (Fsp3) is 0.292. The van der Waals surface area contributed by atoms with E-state index in [1.165, 1.54) is 22.8 Å². The summed E-state index contributed by atoms with van der Waals surface area (Å²) in [5, 5.41) is 20.9. The van der Waals surface area contributed by atoms with Crippen LogP contribution in [0.4, 0.5) is 0 Å². The number of carboxylic acids is 1. The van der Waals surface area contributed by atoms with Crippen molar-refractivity contribution in [2.75, 3.05) is 0 Å². The Bertz CT molecular complexity index is 1030. The van der Waals surface area contributed by atoms with Gasteiger partial charge in [0, 0.05) is 12.0 Å². The molecule has 2 unspecified atom stereocenters. The second-order valence-corrected chi connectivity index (χ2v) is 7.67. The monoisotopic (exact) mass is 418 g/mol. The highest BCUT2D eigenvalue weighted by Gasteiger charge is 2.23. The third kappa shape index (κ3) is 5.12. The molecule has 1 aromatic heterocycles. The zero-order valence-electron chi connectivity index (χ0n) is 17.4. The molecule has 2 N–H and O–H groups in total. The van der Waals surface area contributed by atoms with Crippen LogP contribution >= 0.6 is 0 Å². The summed E-state index contributed by atoms with van der Waals surface area (Å²) in [7, 11) is 0. The predicted molar refractivity (Wildman–Crippen MR) is 116 cm³/mol. The summed E-state index contributed by atoms with van der Waals surface area (Å²) in [6.45, 7) is 2.01. The van der Waals surface area contributed by atoms with E-state index in [0.717, 1.165) is 41.8 Å². The highest BCUT2D eigenvalue weighted by Crippen LogP contribution is 2.29. The first-order chi connectivity index (χ1) is 15.1. The molecule has 7 nitrogen and oxygen atoms in total. The van der Waals surface area contributed by atoms with Gasteiger partial charge in [-0.1, -0.05) is 54.6 Å². The summed E-state index contributed by atoms with van der Waals surface area (Å²) < 4.78 is 5.97. The average Bonchev–Trinajstić information content (AvgIpc) is 3.44. The lowest BCUT2D eigenvalue weighted by Crippen LogP contribution is -2.23. The standard InChI is InChI=1S/C24H26N4O3/c1-17-21(27-23(31-17)20-7-3-2-4-8-20)9-5-6-18-10-12-19(13-11-18)16-22(24(29)30)28-25-14-15-26-28/h2-4,7-8,10-15,22-23,27H,5-6,9,16H2,1H3,(H,29,30). The van der Waals surface area contributed by atoms with Crippen LogP contribution in [0.5, 0.6) is 0 Å². The lowest BCUT2D eigenvalue weighted by Gasteiger charge is -2.13. The van der Waals surface area contributed by atoms with Crippen LogP contribution in [0.2, 0.25) is 0 Å². The molecule has 1 aliphatic heterocycles. The molecule has 2 atom stereocenters. The van der Waals surface area contributed by atoms with Crippen molar-refractivity contribution in [1.29, 1.82) is 0 Å². The zero-order valence-corrected chi connectivity index (χ0v) is 17.4. The van der Waals surface area contributed by atoms with Gasteiger partial charge < -0.3 is 15.2 Å². The molecule has 31 heavy (non-hydrogen) atoms. The molecule has 1 aliphatic rings. The molecule has 2 heterocycles. The van der Waals surface area contributed by atoms with Crippen LogP contribution in [-0.4, -0.2) is 26.1 Å². The van der Waals surface area contributed by atoms with Gasteiger partial charge in [0.1, 0.15) is 5.76 Å². The van der Waals surface area contributed by atoms with Crippen LogP contribution in [0.15, 0.2) is 78.4 Å². The van der Waals surface area contributed by atoms with Crippen molar-refractivity contribution in [2.45, 2.75) is 44.9 Å². The average molecular weight is 418 g/mol. The molecule has 0 aliphatic carbocycles. The summed E-state index contributed by atoms with van der Waals surface area (Å²) >= 11 is 0. The Hall–Kier alpha value is -3.61. The second-order valence-electron chi connectivity index (χ2n) is 7.67. The lowest BCUT2D eigenvalue weighted by atomic mass is 10.0. The lowest BCUT2D eigenvalue weighted by molar-refractivity contribution is -0.141. The molecule has 0 fully saturated rings. The maximum absolute atomic E-state index is 11.6. The smallest absolute Gasteiger partial charge is 0.330 e. The molecule has 0 amide bonds. The van der Waals surface area contributed by atoms with E-state index in [2.05, 4.69) is 39.8 Å². The second kappa shape index (κ2) is 9.47. The number of carbonyl (C=O) groups is 1. The van der Waals surface area contributed by atoms with Crippen molar-refractivity contribution in [3.8, 4) is 0 Å². The van der Waals surface area contributed by atoms with E-state index < -0.39 is 12.0 Å². The van der Waals surface area contributed by atoms with Crippen molar-refractivity contribution in [3.05, 3.63) is 95.1 Å². The maximum atomic E-state index is 11.6. The van der Waals surface area contributed by atoms with E-state index in [1.54, 1.807) is 0 Å². The molecule has 3 aromatic rings. The summed E-state index contributed by atoms with van der Waals surface area (Å²) in [4.78, 5) is 12.8. The molecule has 0 spiro atoms. The number of aryl methyl sites for hydroxylation is 1. The molecule has 0 radical (unpaired) electrons. The Morgan fingerprint density at radius 1 is 1.06 bits per heavy atom. The van der Waals surface area contributed by atoms with Crippen LogP contribution in [0.25, 0.3) is 0 Å². The first kappa shape index (κ1) is 20.7. The number of nitrogens with one attached hydrogen (secondary N) is 1. The highest BCUT2D eigenvalue weighted by atomic mass is 16.5. The Morgan fingerprint density at radius 3 is 2.42 bits per heavy atom. The van der Waals surface area contributed by atoms with E-state index in [0.29, 0.717) is 6.42 Å². The number of hydrogen-bond acceptors (Lipinski definition) is 5. The molecular weight excluding hydrogens is 392 g/mol. The topological polar surface area (TPSA) is 89.3 Å². The molecule has 0 saturated heterocycles. The summed E-state index contributed by atoms with van der Waals surface area (Å²) in [6.07, 6.45) is 6.07.